The van der Waals surface area contributed by atoms with E-state index in [1.165, 1.54) is 6.20 Å². The summed E-state index contributed by atoms with van der Waals surface area (Å²) in [5, 5.41) is 13.8. The van der Waals surface area contributed by atoms with E-state index in [2.05, 4.69) is 15.3 Å². The third-order valence-corrected chi connectivity index (χ3v) is 4.97. The Hall–Kier alpha value is -2.99. The highest BCUT2D eigenvalue weighted by Gasteiger charge is 2.36. The molecule has 0 saturated heterocycles. The third kappa shape index (κ3) is 2.99. The minimum atomic E-state index is -0.322. The van der Waals surface area contributed by atoms with Crippen molar-refractivity contribution in [2.24, 2.45) is 5.92 Å². The Morgan fingerprint density at radius 1 is 1.15 bits per heavy atom. The van der Waals surface area contributed by atoms with E-state index < -0.39 is 0 Å². The summed E-state index contributed by atoms with van der Waals surface area (Å²) in [5.74, 6) is -0.132. The van der Waals surface area contributed by atoms with Gasteiger partial charge in [0.25, 0.3) is 11.5 Å². The summed E-state index contributed by atoms with van der Waals surface area (Å²) in [5.41, 5.74) is 0.966. The van der Waals surface area contributed by atoms with Crippen molar-refractivity contribution in [3.05, 3.63) is 76.5 Å². The van der Waals surface area contributed by atoms with Gasteiger partial charge in [-0.15, -0.1) is 0 Å². The predicted octanol–water partition coefficient (Wildman–Crippen LogP) is 2.17. The van der Waals surface area contributed by atoms with Crippen LogP contribution in [0.5, 0.6) is 0 Å². The van der Waals surface area contributed by atoms with Crippen LogP contribution in [0.3, 0.4) is 0 Å². The van der Waals surface area contributed by atoms with Gasteiger partial charge >= 0.3 is 0 Å². The van der Waals surface area contributed by atoms with Gasteiger partial charge in [0.05, 0.1) is 23.4 Å². The first-order valence-electron chi connectivity index (χ1n) is 8.64. The summed E-state index contributed by atoms with van der Waals surface area (Å²) in [6, 6.07) is 12.3. The normalized spacial score (nSPS) is 20.3. The number of hydrogen-bond acceptors (Lipinski definition) is 4. The van der Waals surface area contributed by atoms with E-state index in [1.807, 2.05) is 18.2 Å². The van der Waals surface area contributed by atoms with Crippen LogP contribution in [0.2, 0.25) is 0 Å². The zero-order valence-electron chi connectivity index (χ0n) is 14.1. The van der Waals surface area contributed by atoms with Gasteiger partial charge in [-0.3, -0.25) is 14.6 Å². The van der Waals surface area contributed by atoms with Gasteiger partial charge in [0.2, 0.25) is 0 Å². The standard InChI is InChI=1S/C20H19N3O3/c24-13-9-12(10-13)18(17-7-3-4-8-21-17)23-20(26)16-11-22-19(25)15-6-2-1-5-14(15)16/h1-8,11-13,18,24H,9-10H2,(H,22,25)(H,23,26). The number of benzene rings is 1. The Bertz CT molecular complexity index is 994. The van der Waals surface area contributed by atoms with Crippen LogP contribution in [0, 0.1) is 5.92 Å². The van der Waals surface area contributed by atoms with Gasteiger partial charge in [-0.2, -0.15) is 0 Å². The second-order valence-electron chi connectivity index (χ2n) is 6.67. The van der Waals surface area contributed by atoms with Crippen LogP contribution in [-0.2, 0) is 0 Å². The highest BCUT2D eigenvalue weighted by atomic mass is 16.3. The van der Waals surface area contributed by atoms with E-state index in [-0.39, 0.29) is 29.5 Å². The molecule has 1 amide bonds. The maximum atomic E-state index is 13.0. The van der Waals surface area contributed by atoms with Crippen molar-refractivity contribution in [1.29, 1.82) is 0 Å². The van der Waals surface area contributed by atoms with Gasteiger partial charge in [0.15, 0.2) is 0 Å². The summed E-state index contributed by atoms with van der Waals surface area (Å²) >= 11 is 0. The number of H-pyrrole nitrogens is 1. The van der Waals surface area contributed by atoms with Crippen molar-refractivity contribution in [3.63, 3.8) is 0 Å². The Morgan fingerprint density at radius 2 is 1.88 bits per heavy atom. The molecule has 1 fully saturated rings. The lowest BCUT2D eigenvalue weighted by molar-refractivity contribution is 0.0228. The highest BCUT2D eigenvalue weighted by molar-refractivity contribution is 6.06. The first-order chi connectivity index (χ1) is 12.6. The Labute approximate surface area is 149 Å². The van der Waals surface area contributed by atoms with Gasteiger partial charge in [0.1, 0.15) is 0 Å². The number of pyridine rings is 2. The summed E-state index contributed by atoms with van der Waals surface area (Å²) in [6.45, 7) is 0. The molecular weight excluding hydrogens is 330 g/mol. The number of aromatic nitrogens is 2. The van der Waals surface area contributed by atoms with Crippen LogP contribution in [0.1, 0.15) is 34.9 Å². The average Bonchev–Trinajstić information content (AvgIpc) is 2.65. The molecular formula is C20H19N3O3. The summed E-state index contributed by atoms with van der Waals surface area (Å²) in [6.07, 6.45) is 4.09. The van der Waals surface area contributed by atoms with Crippen LogP contribution in [0.4, 0.5) is 0 Å². The van der Waals surface area contributed by atoms with Crippen molar-refractivity contribution in [1.82, 2.24) is 15.3 Å². The second-order valence-corrected chi connectivity index (χ2v) is 6.67. The van der Waals surface area contributed by atoms with Crippen LogP contribution in [0.25, 0.3) is 10.8 Å². The Kier molecular flexibility index (Phi) is 4.26. The molecule has 26 heavy (non-hydrogen) atoms. The molecule has 1 aliphatic carbocycles. The zero-order valence-corrected chi connectivity index (χ0v) is 14.1. The highest BCUT2D eigenvalue weighted by Crippen LogP contribution is 2.37. The largest absolute Gasteiger partial charge is 0.393 e. The smallest absolute Gasteiger partial charge is 0.255 e. The fraction of sp³-hybridized carbons (Fsp3) is 0.250. The topological polar surface area (TPSA) is 95.1 Å². The van der Waals surface area contributed by atoms with Crippen molar-refractivity contribution in [2.75, 3.05) is 0 Å². The molecule has 1 aliphatic rings. The van der Waals surface area contributed by atoms with Crippen LogP contribution < -0.4 is 10.9 Å². The number of aliphatic hydroxyl groups excluding tert-OH is 1. The molecule has 0 radical (unpaired) electrons. The Balaban J connectivity index is 1.67. The molecule has 6 heteroatoms. The summed E-state index contributed by atoms with van der Waals surface area (Å²) in [4.78, 5) is 31.9. The fourth-order valence-corrected chi connectivity index (χ4v) is 3.51. The molecule has 2 heterocycles. The number of carbonyl (C=O) groups is 1. The number of hydrogen-bond donors (Lipinski definition) is 3. The number of rotatable bonds is 4. The van der Waals surface area contributed by atoms with Crippen LogP contribution >= 0.6 is 0 Å². The first kappa shape index (κ1) is 16.5. The minimum absolute atomic E-state index is 0.137. The minimum Gasteiger partial charge on any atom is -0.393 e. The van der Waals surface area contributed by atoms with E-state index in [0.717, 1.165) is 5.69 Å². The third-order valence-electron chi connectivity index (χ3n) is 4.97. The summed E-state index contributed by atoms with van der Waals surface area (Å²) in [7, 11) is 0. The van der Waals surface area contributed by atoms with Gasteiger partial charge in [-0.1, -0.05) is 24.3 Å². The zero-order chi connectivity index (χ0) is 18.1. The monoisotopic (exact) mass is 349 g/mol. The quantitative estimate of drug-likeness (QED) is 0.673. The number of nitrogens with one attached hydrogen (secondary N) is 2. The lowest BCUT2D eigenvalue weighted by Gasteiger charge is -2.37. The number of carbonyl (C=O) groups excluding carboxylic acids is 1. The maximum Gasteiger partial charge on any atom is 0.255 e. The lowest BCUT2D eigenvalue weighted by Crippen LogP contribution is -2.42. The van der Waals surface area contributed by atoms with E-state index in [4.69, 9.17) is 0 Å². The van der Waals surface area contributed by atoms with Crippen molar-refractivity contribution >= 4 is 16.7 Å². The Morgan fingerprint density at radius 3 is 2.58 bits per heavy atom. The number of aliphatic hydroxyl groups is 1. The van der Waals surface area contributed by atoms with E-state index in [9.17, 15) is 14.7 Å². The van der Waals surface area contributed by atoms with E-state index in [1.54, 1.807) is 30.5 Å². The van der Waals surface area contributed by atoms with Crippen LogP contribution in [0.15, 0.2) is 59.7 Å². The number of amides is 1. The molecule has 1 unspecified atom stereocenters. The van der Waals surface area contributed by atoms with E-state index in [0.29, 0.717) is 29.2 Å². The lowest BCUT2D eigenvalue weighted by atomic mass is 9.76. The number of fused-ring (bicyclic) bond motifs is 1. The molecule has 3 N–H and O–H groups in total. The van der Waals surface area contributed by atoms with Crippen molar-refractivity contribution < 1.29 is 9.90 Å². The molecule has 1 saturated carbocycles. The molecule has 0 spiro atoms. The number of aromatic amines is 1. The SMILES string of the molecule is O=C(NC(c1ccccn1)C1CC(O)C1)c1c[nH]c(=O)c2ccccc12. The van der Waals surface area contributed by atoms with Gasteiger partial charge in [-0.25, -0.2) is 0 Å². The van der Waals surface area contributed by atoms with Crippen molar-refractivity contribution in [2.45, 2.75) is 25.0 Å². The van der Waals surface area contributed by atoms with Gasteiger partial charge in [-0.05, 0) is 37.0 Å². The first-order valence-corrected chi connectivity index (χ1v) is 8.64. The molecule has 2 aromatic heterocycles. The van der Waals surface area contributed by atoms with Crippen LogP contribution in [-0.4, -0.2) is 27.1 Å². The van der Waals surface area contributed by atoms with Gasteiger partial charge < -0.3 is 15.4 Å². The average molecular weight is 349 g/mol. The molecule has 1 atom stereocenters. The predicted molar refractivity (Wildman–Crippen MR) is 97.7 cm³/mol. The fourth-order valence-electron chi connectivity index (χ4n) is 3.51. The second kappa shape index (κ2) is 6.72. The molecule has 3 aromatic rings. The molecule has 0 bridgehead atoms. The molecule has 132 valence electrons. The maximum absolute atomic E-state index is 13.0. The van der Waals surface area contributed by atoms with Crippen molar-refractivity contribution in [3.8, 4) is 0 Å². The summed E-state index contributed by atoms with van der Waals surface area (Å²) < 4.78 is 0. The van der Waals surface area contributed by atoms with Gasteiger partial charge in [0, 0.05) is 23.2 Å². The molecule has 0 aliphatic heterocycles. The molecule has 4 rings (SSSR count). The number of nitrogens with zero attached hydrogens (tertiary/aromatic N) is 1. The molecule has 6 nitrogen and oxygen atoms in total. The molecule has 1 aromatic carbocycles. The van der Waals surface area contributed by atoms with E-state index >= 15 is 0 Å².